The number of hydrogen-bond acceptors (Lipinski definition) is 2. The second kappa shape index (κ2) is 9.25. The molecule has 2 nitrogen and oxygen atoms in total. The van der Waals surface area contributed by atoms with Crippen molar-refractivity contribution in [2.45, 2.75) is 122 Å². The quantitative estimate of drug-likeness (QED) is 0.448. The Kier molecular flexibility index (Phi) is 6.46. The molecule has 0 bridgehead atoms. The molecule has 2 fully saturated rings. The van der Waals surface area contributed by atoms with Gasteiger partial charge in [0.05, 0.1) is 11.4 Å². The highest BCUT2D eigenvalue weighted by atomic mass is 14.8. The summed E-state index contributed by atoms with van der Waals surface area (Å²) in [7, 11) is 0. The highest BCUT2D eigenvalue weighted by Crippen LogP contribution is 2.56. The maximum atomic E-state index is 9.51. The Morgan fingerprint density at radius 3 is 2.15 bits per heavy atom. The van der Waals surface area contributed by atoms with Crippen LogP contribution in [0.4, 0.5) is 0 Å². The van der Waals surface area contributed by atoms with Crippen LogP contribution in [0, 0.1) is 10.8 Å². The third-order valence-corrected chi connectivity index (χ3v) is 9.25. The minimum absolute atomic E-state index is 0.326. The molecule has 182 valence electrons. The zero-order valence-corrected chi connectivity index (χ0v) is 22.1. The molecule has 3 aliphatic rings. The molecule has 1 unspecified atom stereocenters. The van der Waals surface area contributed by atoms with Gasteiger partial charge in [-0.2, -0.15) is 0 Å². The molecule has 1 aromatic carbocycles. The summed E-state index contributed by atoms with van der Waals surface area (Å²) in [5.74, 6) is 1.99. The first-order valence-corrected chi connectivity index (χ1v) is 14.1. The molecular weight excluding hydrogens is 412 g/mol. The average molecular weight is 457 g/mol. The average Bonchev–Trinajstić information content (AvgIpc) is 2.81. The van der Waals surface area contributed by atoms with Gasteiger partial charge >= 0.3 is 0 Å². The van der Waals surface area contributed by atoms with Crippen LogP contribution in [0.3, 0.4) is 0 Å². The molecular formula is C32H44N2. The Morgan fingerprint density at radius 1 is 0.912 bits per heavy atom. The predicted octanol–water partition coefficient (Wildman–Crippen LogP) is 9.01. The van der Waals surface area contributed by atoms with E-state index >= 15 is 0 Å². The molecule has 2 saturated carbocycles. The number of nitrogens with one attached hydrogen (secondary N) is 1. The summed E-state index contributed by atoms with van der Waals surface area (Å²) in [4.78, 5) is 5.45. The Balaban J connectivity index is 1.69. The molecule has 1 N–H and O–H groups in total. The fraction of sp³-hybridized carbons (Fsp3) is 0.625. The van der Waals surface area contributed by atoms with Gasteiger partial charge in [-0.3, -0.25) is 10.4 Å². The molecule has 1 heterocycles. The number of nitrogens with zero attached hydrogens (tertiary/aromatic N) is 1. The van der Waals surface area contributed by atoms with Crippen LogP contribution >= 0.6 is 0 Å². The zero-order valence-electron chi connectivity index (χ0n) is 22.1. The topological polar surface area (TPSA) is 36.7 Å². The summed E-state index contributed by atoms with van der Waals surface area (Å²) in [5.41, 5.74) is 10.5. The molecule has 2 aromatic rings. The minimum atomic E-state index is 0.326. The van der Waals surface area contributed by atoms with Crippen LogP contribution in [0.2, 0.25) is 0 Å². The van der Waals surface area contributed by atoms with Crippen LogP contribution in [0.5, 0.6) is 0 Å². The van der Waals surface area contributed by atoms with E-state index in [-0.39, 0.29) is 0 Å². The van der Waals surface area contributed by atoms with E-state index < -0.39 is 0 Å². The highest BCUT2D eigenvalue weighted by Gasteiger charge is 2.45. The van der Waals surface area contributed by atoms with Crippen molar-refractivity contribution in [2.75, 3.05) is 0 Å². The van der Waals surface area contributed by atoms with E-state index in [4.69, 9.17) is 4.98 Å². The van der Waals surface area contributed by atoms with Gasteiger partial charge in [-0.15, -0.1) is 0 Å². The number of aromatic nitrogens is 1. The number of hydrogen-bond donors (Lipinski definition) is 1. The molecule has 0 amide bonds. The summed E-state index contributed by atoms with van der Waals surface area (Å²) < 4.78 is 0. The lowest BCUT2D eigenvalue weighted by Crippen LogP contribution is -2.38. The van der Waals surface area contributed by atoms with E-state index in [0.717, 1.165) is 5.56 Å². The maximum Gasteiger partial charge on any atom is 0.0705 e. The smallest absolute Gasteiger partial charge is 0.0705 e. The van der Waals surface area contributed by atoms with Crippen molar-refractivity contribution in [2.24, 2.45) is 5.41 Å². The summed E-state index contributed by atoms with van der Waals surface area (Å²) in [6.45, 7) is 11.5. The van der Waals surface area contributed by atoms with Crippen molar-refractivity contribution in [1.29, 1.82) is 5.41 Å². The largest absolute Gasteiger partial charge is 0.300 e. The Hall–Kier alpha value is -1.96. The molecule has 34 heavy (non-hydrogen) atoms. The van der Waals surface area contributed by atoms with Crippen molar-refractivity contribution in [1.82, 2.24) is 4.98 Å². The van der Waals surface area contributed by atoms with E-state index in [1.807, 2.05) is 0 Å². The lowest BCUT2D eigenvalue weighted by atomic mass is 9.57. The summed E-state index contributed by atoms with van der Waals surface area (Å²) in [6.07, 6.45) is 13.2. The van der Waals surface area contributed by atoms with Gasteiger partial charge in [0.15, 0.2) is 0 Å². The van der Waals surface area contributed by atoms with Crippen molar-refractivity contribution in [3.8, 4) is 0 Å². The van der Waals surface area contributed by atoms with Crippen molar-refractivity contribution in [3.05, 3.63) is 63.5 Å². The number of benzene rings is 1. The van der Waals surface area contributed by atoms with Crippen LogP contribution in [0.15, 0.2) is 24.3 Å². The SMILES string of the molecule is CC(C)c1ccc(C(=N)c2c(C(C)C)nc3c(c2C2CCCCC2)C(C)CC2(CCC2)C3)cc1. The molecule has 1 spiro atoms. The normalized spacial score (nSPS) is 22.1. The van der Waals surface area contributed by atoms with Gasteiger partial charge in [-0.1, -0.05) is 84.6 Å². The molecule has 1 aromatic heterocycles. The first kappa shape index (κ1) is 23.8. The van der Waals surface area contributed by atoms with Crippen LogP contribution in [0.25, 0.3) is 0 Å². The van der Waals surface area contributed by atoms with E-state index in [2.05, 4.69) is 58.9 Å². The Morgan fingerprint density at radius 2 is 1.59 bits per heavy atom. The van der Waals surface area contributed by atoms with Gasteiger partial charge in [-0.05, 0) is 84.3 Å². The molecule has 1 atom stereocenters. The number of rotatable bonds is 5. The molecule has 0 aliphatic heterocycles. The van der Waals surface area contributed by atoms with Gasteiger partial charge in [-0.25, -0.2) is 0 Å². The maximum absolute atomic E-state index is 9.51. The lowest BCUT2D eigenvalue weighted by Gasteiger charge is -2.48. The third-order valence-electron chi connectivity index (χ3n) is 9.25. The van der Waals surface area contributed by atoms with Crippen molar-refractivity contribution in [3.63, 3.8) is 0 Å². The standard InChI is InChI=1S/C32H44N2/c1-20(2)23-12-14-25(15-13-23)30(33)29-28(24-10-7-6-8-11-24)27-22(5)18-32(16-9-17-32)19-26(27)34-31(29)21(3)4/h12-15,20-22,24,33H,6-11,16-19H2,1-5H3. The van der Waals surface area contributed by atoms with E-state index in [1.165, 1.54) is 92.3 Å². The van der Waals surface area contributed by atoms with Gasteiger partial charge in [0, 0.05) is 16.8 Å². The second-order valence-electron chi connectivity index (χ2n) is 12.4. The van der Waals surface area contributed by atoms with Crippen LogP contribution in [-0.4, -0.2) is 10.7 Å². The van der Waals surface area contributed by atoms with Crippen LogP contribution in [0.1, 0.15) is 155 Å². The van der Waals surface area contributed by atoms with Crippen LogP contribution < -0.4 is 0 Å². The summed E-state index contributed by atoms with van der Waals surface area (Å²) >= 11 is 0. The third kappa shape index (κ3) is 4.16. The zero-order chi connectivity index (χ0) is 24.0. The lowest BCUT2D eigenvalue weighted by molar-refractivity contribution is 0.0975. The number of fused-ring (bicyclic) bond motifs is 1. The molecule has 0 saturated heterocycles. The minimum Gasteiger partial charge on any atom is -0.300 e. The van der Waals surface area contributed by atoms with Crippen molar-refractivity contribution < 1.29 is 0 Å². The van der Waals surface area contributed by atoms with E-state index in [0.29, 0.717) is 34.8 Å². The van der Waals surface area contributed by atoms with Gasteiger partial charge in [0.2, 0.25) is 0 Å². The first-order valence-electron chi connectivity index (χ1n) is 14.1. The number of pyridine rings is 1. The first-order chi connectivity index (χ1) is 16.3. The predicted molar refractivity (Wildman–Crippen MR) is 144 cm³/mol. The van der Waals surface area contributed by atoms with Gasteiger partial charge < -0.3 is 0 Å². The Labute approximate surface area is 207 Å². The molecule has 5 rings (SSSR count). The fourth-order valence-corrected chi connectivity index (χ4v) is 7.29. The van der Waals surface area contributed by atoms with Gasteiger partial charge in [0.1, 0.15) is 0 Å². The van der Waals surface area contributed by atoms with Crippen LogP contribution in [-0.2, 0) is 6.42 Å². The second-order valence-corrected chi connectivity index (χ2v) is 12.4. The van der Waals surface area contributed by atoms with E-state index in [9.17, 15) is 5.41 Å². The summed E-state index contributed by atoms with van der Waals surface area (Å²) in [6, 6.07) is 8.80. The molecule has 2 heteroatoms. The fourth-order valence-electron chi connectivity index (χ4n) is 7.29. The summed E-state index contributed by atoms with van der Waals surface area (Å²) in [5, 5.41) is 9.51. The monoisotopic (exact) mass is 456 g/mol. The van der Waals surface area contributed by atoms with Gasteiger partial charge in [0.25, 0.3) is 0 Å². The van der Waals surface area contributed by atoms with E-state index in [1.54, 1.807) is 5.56 Å². The van der Waals surface area contributed by atoms with Crippen molar-refractivity contribution >= 4 is 5.71 Å². The molecule has 3 aliphatic carbocycles. The molecule has 0 radical (unpaired) electrons. The Bertz CT molecular complexity index is 1050. The highest BCUT2D eigenvalue weighted by molar-refractivity contribution is 6.13.